The zero-order valence-electron chi connectivity index (χ0n) is 11.1. The molecule has 1 unspecified atom stereocenters. The first kappa shape index (κ1) is 14.5. The number of aliphatic hydroxyl groups excluding tert-OH is 1. The number of carbonyl (C=O) groups is 1. The van der Waals surface area contributed by atoms with E-state index in [1.165, 1.54) is 12.8 Å². The maximum atomic E-state index is 12.3. The van der Waals surface area contributed by atoms with E-state index in [1.807, 2.05) is 13.8 Å². The number of nitrogens with one attached hydrogen (secondary N) is 1. The molecule has 0 spiro atoms. The van der Waals surface area contributed by atoms with E-state index in [1.54, 1.807) is 4.90 Å². The van der Waals surface area contributed by atoms with Crippen molar-refractivity contribution in [2.24, 2.45) is 0 Å². The second-order valence-electron chi connectivity index (χ2n) is 5.06. The van der Waals surface area contributed by atoms with Crippen molar-refractivity contribution in [1.29, 1.82) is 0 Å². The predicted octanol–water partition coefficient (Wildman–Crippen LogP) is 1.14. The molecule has 0 radical (unpaired) electrons. The van der Waals surface area contributed by atoms with E-state index in [0.29, 0.717) is 6.54 Å². The summed E-state index contributed by atoms with van der Waals surface area (Å²) in [5.41, 5.74) is 0. The summed E-state index contributed by atoms with van der Waals surface area (Å²) in [6.07, 6.45) is 5.69. The molecule has 0 aliphatic carbocycles. The van der Waals surface area contributed by atoms with Crippen LogP contribution in [0.5, 0.6) is 0 Å². The zero-order chi connectivity index (χ0) is 12.7. The van der Waals surface area contributed by atoms with E-state index in [2.05, 4.69) is 5.32 Å². The molecule has 1 aliphatic rings. The van der Waals surface area contributed by atoms with E-state index >= 15 is 0 Å². The van der Waals surface area contributed by atoms with Crippen molar-refractivity contribution in [3.8, 4) is 0 Å². The molecule has 1 aliphatic heterocycles. The summed E-state index contributed by atoms with van der Waals surface area (Å²) in [5, 5.41) is 12.4. The van der Waals surface area contributed by atoms with E-state index in [-0.39, 0.29) is 24.6 Å². The Balaban J connectivity index is 2.56. The van der Waals surface area contributed by atoms with Gasteiger partial charge in [-0.3, -0.25) is 4.79 Å². The molecule has 0 aromatic heterocycles. The average molecular weight is 242 g/mol. The van der Waals surface area contributed by atoms with Crippen LogP contribution in [0.2, 0.25) is 0 Å². The summed E-state index contributed by atoms with van der Waals surface area (Å²) in [6, 6.07) is 0.103. The van der Waals surface area contributed by atoms with Gasteiger partial charge in [-0.1, -0.05) is 19.3 Å². The van der Waals surface area contributed by atoms with Crippen LogP contribution in [0.1, 0.15) is 46.0 Å². The Morgan fingerprint density at radius 3 is 2.71 bits per heavy atom. The monoisotopic (exact) mass is 242 g/mol. The Bertz CT molecular complexity index is 223. The number of nitrogens with zero attached hydrogens (tertiary/aromatic N) is 1. The van der Waals surface area contributed by atoms with Crippen molar-refractivity contribution >= 4 is 5.91 Å². The lowest BCUT2D eigenvalue weighted by Crippen LogP contribution is -2.50. The molecule has 17 heavy (non-hydrogen) atoms. The van der Waals surface area contributed by atoms with Crippen LogP contribution in [0.25, 0.3) is 0 Å². The van der Waals surface area contributed by atoms with Crippen molar-refractivity contribution in [3.63, 3.8) is 0 Å². The minimum absolute atomic E-state index is 0.0383. The number of hydrogen-bond acceptors (Lipinski definition) is 3. The first-order chi connectivity index (χ1) is 8.16. The third kappa shape index (κ3) is 4.64. The molecule has 0 aromatic carbocycles. The lowest BCUT2D eigenvalue weighted by atomic mass is 10.0. The molecule has 100 valence electrons. The Hall–Kier alpha value is -0.610. The number of carbonyl (C=O) groups excluding carboxylic acids is 1. The molecular formula is C13H26N2O2. The van der Waals surface area contributed by atoms with Gasteiger partial charge in [0, 0.05) is 12.6 Å². The highest BCUT2D eigenvalue weighted by atomic mass is 16.3. The van der Waals surface area contributed by atoms with Crippen molar-refractivity contribution < 1.29 is 9.90 Å². The fraction of sp³-hybridized carbons (Fsp3) is 0.923. The predicted molar refractivity (Wildman–Crippen MR) is 68.8 cm³/mol. The summed E-state index contributed by atoms with van der Waals surface area (Å²) in [7, 11) is 0. The molecule has 0 saturated carbocycles. The second kappa shape index (κ2) is 7.67. The number of aliphatic hydroxyl groups is 1. The minimum Gasteiger partial charge on any atom is -0.395 e. The highest BCUT2D eigenvalue weighted by molar-refractivity contribution is 5.82. The van der Waals surface area contributed by atoms with Crippen molar-refractivity contribution in [3.05, 3.63) is 0 Å². The van der Waals surface area contributed by atoms with Gasteiger partial charge in [-0.05, 0) is 33.2 Å². The Morgan fingerprint density at radius 1 is 1.35 bits per heavy atom. The summed E-state index contributed by atoms with van der Waals surface area (Å²) in [5.74, 6) is 0.149. The number of hydrogen-bond donors (Lipinski definition) is 2. The third-order valence-corrected chi connectivity index (χ3v) is 3.36. The number of amides is 1. The normalized spacial score (nSPS) is 22.0. The van der Waals surface area contributed by atoms with Crippen LogP contribution in [0.3, 0.4) is 0 Å². The van der Waals surface area contributed by atoms with Gasteiger partial charge in [0.1, 0.15) is 0 Å². The van der Waals surface area contributed by atoms with Gasteiger partial charge >= 0.3 is 0 Å². The van der Waals surface area contributed by atoms with Gasteiger partial charge < -0.3 is 15.3 Å². The van der Waals surface area contributed by atoms with Crippen LogP contribution in [0.15, 0.2) is 0 Å². The standard InChI is InChI=1S/C13H26N2O2/c1-11(2)15(9-10-16)13(17)12-7-5-3-4-6-8-14-12/h11-12,14,16H,3-10H2,1-2H3. The lowest BCUT2D eigenvalue weighted by molar-refractivity contribution is -0.136. The first-order valence-corrected chi connectivity index (χ1v) is 6.81. The minimum atomic E-state index is -0.0516. The molecule has 1 saturated heterocycles. The molecule has 1 amide bonds. The van der Waals surface area contributed by atoms with Crippen LogP contribution in [-0.2, 0) is 4.79 Å². The summed E-state index contributed by atoms with van der Waals surface area (Å²) in [4.78, 5) is 14.1. The third-order valence-electron chi connectivity index (χ3n) is 3.36. The molecule has 1 rings (SSSR count). The maximum Gasteiger partial charge on any atom is 0.240 e. The summed E-state index contributed by atoms with van der Waals surface area (Å²) < 4.78 is 0. The van der Waals surface area contributed by atoms with Crippen LogP contribution >= 0.6 is 0 Å². The Morgan fingerprint density at radius 2 is 2.06 bits per heavy atom. The molecule has 1 atom stereocenters. The van der Waals surface area contributed by atoms with Gasteiger partial charge in [0.05, 0.1) is 12.6 Å². The van der Waals surface area contributed by atoms with Crippen LogP contribution in [0.4, 0.5) is 0 Å². The largest absolute Gasteiger partial charge is 0.395 e. The van der Waals surface area contributed by atoms with Crippen molar-refractivity contribution in [2.75, 3.05) is 19.7 Å². The Labute approximate surface area is 104 Å². The smallest absolute Gasteiger partial charge is 0.240 e. The van der Waals surface area contributed by atoms with Gasteiger partial charge in [-0.25, -0.2) is 0 Å². The van der Waals surface area contributed by atoms with Gasteiger partial charge in [-0.15, -0.1) is 0 Å². The molecular weight excluding hydrogens is 216 g/mol. The van der Waals surface area contributed by atoms with Gasteiger partial charge in [0.25, 0.3) is 0 Å². The van der Waals surface area contributed by atoms with Crippen molar-refractivity contribution in [2.45, 2.75) is 58.0 Å². The highest BCUT2D eigenvalue weighted by Gasteiger charge is 2.25. The molecule has 0 aromatic rings. The van der Waals surface area contributed by atoms with Crippen molar-refractivity contribution in [1.82, 2.24) is 10.2 Å². The Kier molecular flexibility index (Phi) is 6.52. The van der Waals surface area contributed by atoms with Gasteiger partial charge in [0.15, 0.2) is 0 Å². The van der Waals surface area contributed by atoms with E-state index in [9.17, 15) is 4.79 Å². The molecule has 1 fully saturated rings. The summed E-state index contributed by atoms with van der Waals surface area (Å²) in [6.45, 7) is 5.40. The summed E-state index contributed by atoms with van der Waals surface area (Å²) >= 11 is 0. The second-order valence-corrected chi connectivity index (χ2v) is 5.06. The van der Waals surface area contributed by atoms with E-state index in [4.69, 9.17) is 5.11 Å². The van der Waals surface area contributed by atoms with Crippen LogP contribution in [-0.4, -0.2) is 47.7 Å². The topological polar surface area (TPSA) is 52.6 Å². The van der Waals surface area contributed by atoms with Crippen LogP contribution in [0, 0.1) is 0 Å². The number of rotatable bonds is 4. The molecule has 2 N–H and O–H groups in total. The average Bonchev–Trinajstić information content (AvgIpc) is 2.24. The molecule has 0 bridgehead atoms. The van der Waals surface area contributed by atoms with Crippen LogP contribution < -0.4 is 5.32 Å². The first-order valence-electron chi connectivity index (χ1n) is 6.81. The lowest BCUT2D eigenvalue weighted by Gasteiger charge is -2.31. The highest BCUT2D eigenvalue weighted by Crippen LogP contribution is 2.12. The fourth-order valence-corrected chi connectivity index (χ4v) is 2.35. The molecule has 4 heteroatoms. The molecule has 4 nitrogen and oxygen atoms in total. The van der Waals surface area contributed by atoms with E-state index in [0.717, 1.165) is 25.8 Å². The van der Waals surface area contributed by atoms with E-state index < -0.39 is 0 Å². The SMILES string of the molecule is CC(C)N(CCO)C(=O)C1CCCCCCN1. The van der Waals surface area contributed by atoms with Gasteiger partial charge in [0.2, 0.25) is 5.91 Å². The molecule has 1 heterocycles. The fourth-order valence-electron chi connectivity index (χ4n) is 2.35. The quantitative estimate of drug-likeness (QED) is 0.777. The maximum absolute atomic E-state index is 12.3. The zero-order valence-corrected chi connectivity index (χ0v) is 11.1. The van der Waals surface area contributed by atoms with Gasteiger partial charge in [-0.2, -0.15) is 0 Å².